The van der Waals surface area contributed by atoms with Gasteiger partial charge in [-0.15, -0.1) is 0 Å². The van der Waals surface area contributed by atoms with Crippen LogP contribution in [0, 0.1) is 6.92 Å². The minimum Gasteiger partial charge on any atom is -0.492 e. The number of ether oxygens (including phenoxy) is 1. The SMILES string of the molecule is CCONC(=O)c1ccc(C)c(-n2ccnc(NC(C)(C)c3ccccc3OCCNC)c2=O)c1. The second kappa shape index (κ2) is 11.6. The van der Waals surface area contributed by atoms with Gasteiger partial charge in [0.2, 0.25) is 0 Å². The zero-order valence-electron chi connectivity index (χ0n) is 20.8. The average Bonchev–Trinajstić information content (AvgIpc) is 2.84. The van der Waals surface area contributed by atoms with E-state index in [1.165, 1.54) is 4.57 Å². The number of amides is 1. The molecule has 0 saturated carbocycles. The zero-order chi connectivity index (χ0) is 25.4. The largest absolute Gasteiger partial charge is 0.492 e. The van der Waals surface area contributed by atoms with Crippen LogP contribution in [-0.4, -0.2) is 42.3 Å². The number of hydroxylamine groups is 1. The molecule has 0 aliphatic heterocycles. The van der Waals surface area contributed by atoms with E-state index in [4.69, 9.17) is 9.57 Å². The Kier molecular flexibility index (Phi) is 8.62. The minimum absolute atomic E-state index is 0.186. The van der Waals surface area contributed by atoms with Crippen molar-refractivity contribution in [3.8, 4) is 11.4 Å². The molecule has 1 amide bonds. The van der Waals surface area contributed by atoms with Gasteiger partial charge in [-0.25, -0.2) is 10.5 Å². The van der Waals surface area contributed by atoms with E-state index in [1.54, 1.807) is 37.5 Å². The maximum Gasteiger partial charge on any atom is 0.297 e. The highest BCUT2D eigenvalue weighted by Gasteiger charge is 2.26. The molecule has 35 heavy (non-hydrogen) atoms. The number of hydrogen-bond donors (Lipinski definition) is 3. The van der Waals surface area contributed by atoms with Gasteiger partial charge in [0.1, 0.15) is 12.4 Å². The van der Waals surface area contributed by atoms with Crippen LogP contribution in [0.1, 0.15) is 42.3 Å². The van der Waals surface area contributed by atoms with Crippen molar-refractivity contribution in [2.45, 2.75) is 33.2 Å². The molecule has 0 unspecified atom stereocenters. The third kappa shape index (κ3) is 6.26. The number of likely N-dealkylation sites (N-methyl/N-ethyl adjacent to an activating group) is 1. The van der Waals surface area contributed by atoms with Gasteiger partial charge in [0, 0.05) is 30.1 Å². The molecule has 0 radical (unpaired) electrons. The van der Waals surface area contributed by atoms with Gasteiger partial charge in [0.25, 0.3) is 11.5 Å². The molecule has 1 aromatic heterocycles. The fourth-order valence-corrected chi connectivity index (χ4v) is 3.63. The van der Waals surface area contributed by atoms with Gasteiger partial charge < -0.3 is 15.4 Å². The molecule has 3 aromatic rings. The number of hydrogen-bond acceptors (Lipinski definition) is 7. The first-order valence-corrected chi connectivity index (χ1v) is 11.5. The van der Waals surface area contributed by atoms with E-state index in [0.29, 0.717) is 31.0 Å². The Hall–Kier alpha value is -3.69. The summed E-state index contributed by atoms with van der Waals surface area (Å²) >= 11 is 0. The number of aromatic nitrogens is 2. The number of aryl methyl sites for hydroxylation is 1. The molecule has 0 fully saturated rings. The first-order chi connectivity index (χ1) is 16.8. The summed E-state index contributed by atoms with van der Waals surface area (Å²) in [6.45, 7) is 9.18. The lowest BCUT2D eigenvalue weighted by Crippen LogP contribution is -2.34. The Morgan fingerprint density at radius 2 is 1.94 bits per heavy atom. The summed E-state index contributed by atoms with van der Waals surface area (Å²) in [6.07, 6.45) is 3.14. The van der Waals surface area contributed by atoms with Crippen molar-refractivity contribution in [3.05, 3.63) is 81.9 Å². The number of para-hydroxylation sites is 1. The van der Waals surface area contributed by atoms with Gasteiger partial charge in [-0.05, 0) is 58.5 Å². The molecular formula is C26H33N5O4. The van der Waals surface area contributed by atoms with Gasteiger partial charge in [0.15, 0.2) is 5.82 Å². The van der Waals surface area contributed by atoms with E-state index in [0.717, 1.165) is 16.9 Å². The first-order valence-electron chi connectivity index (χ1n) is 11.5. The van der Waals surface area contributed by atoms with Crippen molar-refractivity contribution in [2.24, 2.45) is 0 Å². The van der Waals surface area contributed by atoms with E-state index in [2.05, 4.69) is 21.1 Å². The molecule has 0 bridgehead atoms. The maximum absolute atomic E-state index is 13.5. The summed E-state index contributed by atoms with van der Waals surface area (Å²) in [6, 6.07) is 12.9. The number of carbonyl (C=O) groups excluding carboxylic acids is 1. The number of nitrogens with zero attached hydrogens (tertiary/aromatic N) is 2. The number of carbonyl (C=O) groups is 1. The van der Waals surface area contributed by atoms with E-state index in [-0.39, 0.29) is 17.3 Å². The standard InChI is InChI=1S/C26H33N5O4/c1-6-35-30-24(32)19-12-11-18(2)21(17-19)31-15-13-28-23(25(31)33)29-26(3,4)20-9-7-8-10-22(20)34-16-14-27-5/h7-13,15,17,27H,6,14,16H2,1-5H3,(H,28,29)(H,30,32). The topological polar surface area (TPSA) is 107 Å². The molecule has 0 spiro atoms. The van der Waals surface area contributed by atoms with Gasteiger partial charge in [-0.3, -0.25) is 19.0 Å². The smallest absolute Gasteiger partial charge is 0.297 e. The fourth-order valence-electron chi connectivity index (χ4n) is 3.63. The van der Waals surface area contributed by atoms with Crippen LogP contribution in [-0.2, 0) is 10.4 Å². The second-order valence-electron chi connectivity index (χ2n) is 8.51. The van der Waals surface area contributed by atoms with Gasteiger partial charge >= 0.3 is 0 Å². The highest BCUT2D eigenvalue weighted by molar-refractivity contribution is 5.94. The molecule has 0 aliphatic rings. The quantitative estimate of drug-likeness (QED) is 0.286. The van der Waals surface area contributed by atoms with Gasteiger partial charge in [0.05, 0.1) is 17.8 Å². The molecule has 3 N–H and O–H groups in total. The molecule has 1 heterocycles. The molecule has 9 heteroatoms. The predicted octanol–water partition coefficient (Wildman–Crippen LogP) is 3.17. The first kappa shape index (κ1) is 25.9. The molecule has 0 atom stereocenters. The predicted molar refractivity (Wildman–Crippen MR) is 136 cm³/mol. The molecule has 186 valence electrons. The van der Waals surface area contributed by atoms with Crippen molar-refractivity contribution in [2.75, 3.05) is 32.1 Å². The van der Waals surface area contributed by atoms with Crippen molar-refractivity contribution in [1.82, 2.24) is 20.3 Å². The van der Waals surface area contributed by atoms with Crippen LogP contribution < -0.4 is 26.4 Å². The number of rotatable bonds is 11. The van der Waals surface area contributed by atoms with Gasteiger partial charge in [-0.2, -0.15) is 0 Å². The van der Waals surface area contributed by atoms with Crippen LogP contribution in [0.15, 0.2) is 59.7 Å². The highest BCUT2D eigenvalue weighted by Crippen LogP contribution is 2.31. The number of anilines is 1. The lowest BCUT2D eigenvalue weighted by atomic mass is 9.93. The Balaban J connectivity index is 1.94. The van der Waals surface area contributed by atoms with Crippen LogP contribution >= 0.6 is 0 Å². The van der Waals surface area contributed by atoms with Crippen molar-refractivity contribution >= 4 is 11.7 Å². The Bertz CT molecular complexity index is 1220. The molecule has 0 saturated heterocycles. The molecule has 9 nitrogen and oxygen atoms in total. The second-order valence-corrected chi connectivity index (χ2v) is 8.51. The van der Waals surface area contributed by atoms with Crippen molar-refractivity contribution in [3.63, 3.8) is 0 Å². The summed E-state index contributed by atoms with van der Waals surface area (Å²) in [4.78, 5) is 35.1. The zero-order valence-corrected chi connectivity index (χ0v) is 20.8. The number of nitrogens with one attached hydrogen (secondary N) is 3. The summed E-state index contributed by atoms with van der Waals surface area (Å²) in [5.74, 6) is 0.538. The monoisotopic (exact) mass is 479 g/mol. The molecular weight excluding hydrogens is 446 g/mol. The minimum atomic E-state index is -0.657. The highest BCUT2D eigenvalue weighted by atomic mass is 16.6. The maximum atomic E-state index is 13.5. The Morgan fingerprint density at radius 1 is 1.17 bits per heavy atom. The van der Waals surface area contributed by atoms with Crippen LogP contribution in [0.3, 0.4) is 0 Å². The Labute approximate surface area is 205 Å². The lowest BCUT2D eigenvalue weighted by Gasteiger charge is -2.29. The summed E-state index contributed by atoms with van der Waals surface area (Å²) < 4.78 is 7.43. The van der Waals surface area contributed by atoms with Crippen LogP contribution in [0.25, 0.3) is 5.69 Å². The third-order valence-electron chi connectivity index (χ3n) is 5.48. The van der Waals surface area contributed by atoms with Crippen LogP contribution in [0.2, 0.25) is 0 Å². The summed E-state index contributed by atoms with van der Waals surface area (Å²) in [5, 5.41) is 6.35. The normalized spacial score (nSPS) is 11.2. The Morgan fingerprint density at radius 3 is 2.69 bits per heavy atom. The van der Waals surface area contributed by atoms with E-state index in [1.807, 2.05) is 52.1 Å². The van der Waals surface area contributed by atoms with Gasteiger partial charge in [-0.1, -0.05) is 24.3 Å². The van der Waals surface area contributed by atoms with E-state index >= 15 is 0 Å². The fraction of sp³-hybridized carbons (Fsp3) is 0.346. The average molecular weight is 480 g/mol. The van der Waals surface area contributed by atoms with Crippen LogP contribution in [0.5, 0.6) is 5.75 Å². The van der Waals surface area contributed by atoms with Crippen LogP contribution in [0.4, 0.5) is 5.82 Å². The molecule has 0 aliphatic carbocycles. The van der Waals surface area contributed by atoms with E-state index in [9.17, 15) is 9.59 Å². The van der Waals surface area contributed by atoms with Crippen molar-refractivity contribution < 1.29 is 14.4 Å². The van der Waals surface area contributed by atoms with Crippen molar-refractivity contribution in [1.29, 1.82) is 0 Å². The molecule has 2 aromatic carbocycles. The third-order valence-corrected chi connectivity index (χ3v) is 5.48. The van der Waals surface area contributed by atoms with E-state index < -0.39 is 5.54 Å². The summed E-state index contributed by atoms with van der Waals surface area (Å²) in [5.41, 5.74) is 4.08. The lowest BCUT2D eigenvalue weighted by molar-refractivity contribution is 0.0364. The molecule has 3 rings (SSSR count). The summed E-state index contributed by atoms with van der Waals surface area (Å²) in [7, 11) is 1.87. The number of benzene rings is 2.